The molecule has 3 aliphatic rings. The van der Waals surface area contributed by atoms with E-state index in [-0.39, 0.29) is 34.9 Å². The Morgan fingerprint density at radius 1 is 0.979 bits per heavy atom. The van der Waals surface area contributed by atoms with E-state index in [9.17, 15) is 22.8 Å². The Kier molecular flexibility index (Phi) is 9.41. The molecule has 3 heterocycles. The van der Waals surface area contributed by atoms with E-state index in [4.69, 9.17) is 9.47 Å². The lowest BCUT2D eigenvalue weighted by atomic mass is 9.76. The number of amides is 2. The molecule has 0 bridgehead atoms. The molecule has 3 aliphatic heterocycles. The molecule has 1 unspecified atom stereocenters. The third-order valence-electron chi connectivity index (χ3n) is 10.1. The first-order valence-electron chi connectivity index (χ1n) is 16.3. The van der Waals surface area contributed by atoms with Crippen LogP contribution >= 0.6 is 0 Å². The zero-order valence-corrected chi connectivity index (χ0v) is 27.6. The van der Waals surface area contributed by atoms with Crippen molar-refractivity contribution in [1.82, 2.24) is 9.80 Å². The van der Waals surface area contributed by atoms with Gasteiger partial charge in [-0.3, -0.25) is 14.5 Å². The number of ether oxygens (including phenoxy) is 2. The van der Waals surface area contributed by atoms with Gasteiger partial charge in [0, 0.05) is 30.2 Å². The van der Waals surface area contributed by atoms with Gasteiger partial charge in [0.15, 0.2) is 0 Å². The van der Waals surface area contributed by atoms with Crippen LogP contribution in [0.3, 0.4) is 0 Å². The molecule has 0 spiro atoms. The van der Waals surface area contributed by atoms with Crippen LogP contribution in [0.1, 0.15) is 64.5 Å². The zero-order chi connectivity index (χ0) is 34.4. The monoisotopic (exact) mass is 667 g/mol. The summed E-state index contributed by atoms with van der Waals surface area (Å²) >= 11 is 0. The van der Waals surface area contributed by atoms with E-state index in [1.54, 1.807) is 17.9 Å². The van der Waals surface area contributed by atoms with Crippen LogP contribution in [0.2, 0.25) is 0 Å². The lowest BCUT2D eigenvalue weighted by molar-refractivity contribution is -0.138. The van der Waals surface area contributed by atoms with Crippen LogP contribution in [0.25, 0.3) is 0 Å². The highest BCUT2D eigenvalue weighted by Crippen LogP contribution is 2.46. The maximum atomic E-state index is 15.3. The number of benzene rings is 3. The number of alkyl halides is 3. The number of carbonyl (C=O) groups is 2. The standard InChI is InChI=1S/C37H41F4N3O4/c1-22-8-13-27(17-29(22)37(39,40)41)42-34(45)28-16-26-19-48-20-31(26)44(35(46)32-23(2)6-5-7-30(32)38)33(28)25-11-9-24(10-12-25)18-43-14-15-47-21-36(43,3)4/h5-13,17,26,28,31,33H,14-16,18-21H2,1-4H3,(H,42,45)/t26?,28-,31+,33-/m0/s1. The first-order valence-corrected chi connectivity index (χ1v) is 16.3. The van der Waals surface area contributed by atoms with Crippen molar-refractivity contribution in [1.29, 1.82) is 0 Å². The molecule has 3 fully saturated rings. The Morgan fingerprint density at radius 2 is 1.73 bits per heavy atom. The predicted molar refractivity (Wildman–Crippen MR) is 173 cm³/mol. The largest absolute Gasteiger partial charge is 0.416 e. The van der Waals surface area contributed by atoms with Crippen molar-refractivity contribution >= 4 is 17.5 Å². The van der Waals surface area contributed by atoms with E-state index in [0.29, 0.717) is 43.9 Å². The van der Waals surface area contributed by atoms with Gasteiger partial charge >= 0.3 is 6.18 Å². The Hall–Kier alpha value is -3.80. The molecule has 3 aromatic rings. The summed E-state index contributed by atoms with van der Waals surface area (Å²) in [5, 5.41) is 2.72. The molecule has 4 atom stereocenters. The van der Waals surface area contributed by atoms with Gasteiger partial charge in [0.1, 0.15) is 5.82 Å². The summed E-state index contributed by atoms with van der Waals surface area (Å²) in [5.41, 5.74) is 1.16. The summed E-state index contributed by atoms with van der Waals surface area (Å²) in [7, 11) is 0. The summed E-state index contributed by atoms with van der Waals surface area (Å²) in [6.07, 6.45) is -4.26. The lowest BCUT2D eigenvalue weighted by Gasteiger charge is -2.47. The molecule has 11 heteroatoms. The molecule has 1 N–H and O–H groups in total. The fourth-order valence-corrected chi connectivity index (χ4v) is 7.39. The first-order chi connectivity index (χ1) is 22.7. The highest BCUT2D eigenvalue weighted by Gasteiger charge is 2.51. The van der Waals surface area contributed by atoms with E-state index in [0.717, 1.165) is 18.2 Å². The average Bonchev–Trinajstić information content (AvgIpc) is 3.50. The maximum absolute atomic E-state index is 15.3. The van der Waals surface area contributed by atoms with E-state index in [2.05, 4.69) is 24.1 Å². The van der Waals surface area contributed by atoms with Gasteiger partial charge in [-0.2, -0.15) is 13.2 Å². The minimum absolute atomic E-state index is 0.00719. The summed E-state index contributed by atoms with van der Waals surface area (Å²) in [6, 6.07) is 14.6. The number of rotatable bonds is 6. The summed E-state index contributed by atoms with van der Waals surface area (Å²) < 4.78 is 68.0. The van der Waals surface area contributed by atoms with E-state index >= 15 is 4.39 Å². The van der Waals surface area contributed by atoms with Crippen LogP contribution < -0.4 is 5.32 Å². The van der Waals surface area contributed by atoms with Crippen molar-refractivity contribution in [3.63, 3.8) is 0 Å². The third kappa shape index (κ3) is 6.73. The molecule has 0 radical (unpaired) electrons. The van der Waals surface area contributed by atoms with Crippen LogP contribution in [0.4, 0.5) is 23.2 Å². The SMILES string of the molecule is Cc1ccc(NC(=O)[C@H]2CC3COC[C@H]3N(C(=O)c3c(C)cccc3F)[C@H]2c2ccc(CN3CCOCC3(C)C)cc2)cc1C(F)(F)F. The van der Waals surface area contributed by atoms with Crippen LogP contribution in [-0.4, -0.2) is 66.2 Å². The molecular weight excluding hydrogens is 626 g/mol. The van der Waals surface area contributed by atoms with Crippen LogP contribution in [-0.2, 0) is 27.0 Å². The quantitative estimate of drug-likeness (QED) is 0.289. The van der Waals surface area contributed by atoms with Crippen LogP contribution in [0.5, 0.6) is 0 Å². The number of anilines is 1. The summed E-state index contributed by atoms with van der Waals surface area (Å²) in [6.45, 7) is 10.5. The number of carbonyl (C=O) groups excluding carboxylic acids is 2. The fourth-order valence-electron chi connectivity index (χ4n) is 7.39. The number of nitrogens with one attached hydrogen (secondary N) is 1. The Morgan fingerprint density at radius 3 is 2.42 bits per heavy atom. The highest BCUT2D eigenvalue weighted by atomic mass is 19.4. The number of likely N-dealkylation sites (tertiary alicyclic amines) is 1. The lowest BCUT2D eigenvalue weighted by Crippen LogP contribution is -2.55. The maximum Gasteiger partial charge on any atom is 0.416 e. The van der Waals surface area contributed by atoms with Crippen molar-refractivity contribution in [2.24, 2.45) is 11.8 Å². The van der Waals surface area contributed by atoms with Crippen LogP contribution in [0.15, 0.2) is 60.7 Å². The smallest absolute Gasteiger partial charge is 0.379 e. The van der Waals surface area contributed by atoms with Gasteiger partial charge in [-0.15, -0.1) is 0 Å². The summed E-state index contributed by atoms with van der Waals surface area (Å²) in [4.78, 5) is 32.5. The average molecular weight is 668 g/mol. The Bertz CT molecular complexity index is 1660. The molecule has 0 aliphatic carbocycles. The van der Waals surface area contributed by atoms with Crippen molar-refractivity contribution in [3.05, 3.63) is 99.9 Å². The molecule has 256 valence electrons. The number of morpholine rings is 1. The van der Waals surface area contributed by atoms with Gasteiger partial charge in [-0.05, 0) is 74.6 Å². The highest BCUT2D eigenvalue weighted by molar-refractivity contribution is 5.98. The normalized spacial score (nSPS) is 24.3. The second-order valence-corrected chi connectivity index (χ2v) is 13.8. The molecule has 3 aromatic carbocycles. The summed E-state index contributed by atoms with van der Waals surface area (Å²) in [5.74, 6) is -2.82. The second-order valence-electron chi connectivity index (χ2n) is 13.8. The molecule has 0 aromatic heterocycles. The van der Waals surface area contributed by atoms with Crippen molar-refractivity contribution in [2.45, 2.75) is 64.5 Å². The number of halogens is 4. The number of fused-ring (bicyclic) bond motifs is 1. The number of nitrogens with zero attached hydrogens (tertiary/aromatic N) is 2. The Labute approximate surface area is 278 Å². The van der Waals surface area contributed by atoms with Crippen molar-refractivity contribution in [2.75, 3.05) is 38.3 Å². The van der Waals surface area contributed by atoms with Crippen molar-refractivity contribution < 1.29 is 36.6 Å². The molecule has 3 saturated heterocycles. The molecule has 2 amide bonds. The molecule has 0 saturated carbocycles. The molecule has 48 heavy (non-hydrogen) atoms. The zero-order valence-electron chi connectivity index (χ0n) is 27.6. The third-order valence-corrected chi connectivity index (χ3v) is 10.1. The van der Waals surface area contributed by atoms with E-state index < -0.39 is 47.4 Å². The van der Waals surface area contributed by atoms with Crippen molar-refractivity contribution in [3.8, 4) is 0 Å². The fraction of sp³-hybridized carbons (Fsp3) is 0.459. The number of hydrogen-bond donors (Lipinski definition) is 1. The van der Waals surface area contributed by atoms with Gasteiger partial charge in [0.05, 0.1) is 55.6 Å². The number of piperidine rings is 1. The molecule has 6 rings (SSSR count). The molecule has 7 nitrogen and oxygen atoms in total. The number of hydrogen-bond acceptors (Lipinski definition) is 5. The van der Waals surface area contributed by atoms with Crippen LogP contribution in [0, 0.1) is 31.5 Å². The van der Waals surface area contributed by atoms with E-state index in [1.807, 2.05) is 24.3 Å². The minimum Gasteiger partial charge on any atom is -0.379 e. The first kappa shape index (κ1) is 34.1. The molecular formula is C37H41F4N3O4. The topological polar surface area (TPSA) is 71.1 Å². The minimum atomic E-state index is -4.59. The van der Waals surface area contributed by atoms with Gasteiger partial charge in [0.2, 0.25) is 5.91 Å². The van der Waals surface area contributed by atoms with Gasteiger partial charge in [-0.1, -0.05) is 42.5 Å². The van der Waals surface area contributed by atoms with Gasteiger partial charge in [0.25, 0.3) is 5.91 Å². The number of aryl methyl sites for hydroxylation is 2. The predicted octanol–water partition coefficient (Wildman–Crippen LogP) is 6.93. The Balaban J connectivity index is 1.39. The van der Waals surface area contributed by atoms with E-state index in [1.165, 1.54) is 31.2 Å². The second kappa shape index (κ2) is 13.2. The van der Waals surface area contributed by atoms with Gasteiger partial charge in [-0.25, -0.2) is 4.39 Å². The van der Waals surface area contributed by atoms with Gasteiger partial charge < -0.3 is 19.7 Å².